The average molecular weight is 239 g/mol. The maximum absolute atomic E-state index is 13.5. The van der Waals surface area contributed by atoms with Gasteiger partial charge in [0.15, 0.2) is 0 Å². The Balaban J connectivity index is 2.27. The Morgan fingerprint density at radius 2 is 2.29 bits per heavy atom. The average Bonchev–Trinajstić information content (AvgIpc) is 2.77. The van der Waals surface area contributed by atoms with Gasteiger partial charge in [-0.3, -0.25) is 0 Å². The number of halogens is 1. The van der Waals surface area contributed by atoms with Crippen molar-refractivity contribution in [2.75, 3.05) is 6.54 Å². The van der Waals surface area contributed by atoms with Crippen molar-refractivity contribution in [3.8, 4) is 0 Å². The number of carboxylic acid groups (broad SMARTS) is 1. The molecule has 1 amide bonds. The number of likely N-dealkylation sites (tertiary alicyclic amines) is 1. The first kappa shape index (κ1) is 11.9. The molecule has 0 spiro atoms. The van der Waals surface area contributed by atoms with E-state index >= 15 is 0 Å². The standard InChI is InChI=1S/C12H14FNO3/c13-10-6-8(3-4-9(10)7-15)11-2-1-5-14(11)12(16)17/h3-4,6,11,15H,1-2,5,7H2,(H,16,17). The van der Waals surface area contributed by atoms with Crippen molar-refractivity contribution in [2.24, 2.45) is 0 Å². The Kier molecular flexibility index (Phi) is 3.28. The Hall–Kier alpha value is -1.62. The summed E-state index contributed by atoms with van der Waals surface area (Å²) in [5.74, 6) is -0.484. The fraction of sp³-hybridized carbons (Fsp3) is 0.417. The van der Waals surface area contributed by atoms with Crippen molar-refractivity contribution in [3.63, 3.8) is 0 Å². The molecule has 0 radical (unpaired) electrons. The fourth-order valence-corrected chi connectivity index (χ4v) is 2.24. The Morgan fingerprint density at radius 3 is 2.88 bits per heavy atom. The van der Waals surface area contributed by atoms with E-state index in [2.05, 4.69) is 0 Å². The van der Waals surface area contributed by atoms with E-state index in [9.17, 15) is 9.18 Å². The van der Waals surface area contributed by atoms with E-state index in [1.165, 1.54) is 17.0 Å². The predicted molar refractivity (Wildman–Crippen MR) is 59.0 cm³/mol. The molecule has 1 aromatic rings. The van der Waals surface area contributed by atoms with E-state index in [1.807, 2.05) is 0 Å². The summed E-state index contributed by atoms with van der Waals surface area (Å²) in [5, 5.41) is 17.9. The zero-order chi connectivity index (χ0) is 12.4. The highest BCUT2D eigenvalue weighted by molar-refractivity contribution is 5.66. The number of benzene rings is 1. The molecule has 1 unspecified atom stereocenters. The van der Waals surface area contributed by atoms with Crippen molar-refractivity contribution in [2.45, 2.75) is 25.5 Å². The van der Waals surface area contributed by atoms with Crippen LogP contribution in [0.3, 0.4) is 0 Å². The number of carbonyl (C=O) groups is 1. The summed E-state index contributed by atoms with van der Waals surface area (Å²) in [7, 11) is 0. The molecule has 2 rings (SSSR count). The van der Waals surface area contributed by atoms with Gasteiger partial charge in [-0.05, 0) is 24.5 Å². The summed E-state index contributed by atoms with van der Waals surface area (Å²) in [4.78, 5) is 12.3. The lowest BCUT2D eigenvalue weighted by molar-refractivity contribution is 0.140. The van der Waals surface area contributed by atoms with Crippen LogP contribution in [-0.2, 0) is 6.61 Å². The summed E-state index contributed by atoms with van der Waals surface area (Å²) in [6.45, 7) is 0.142. The lowest BCUT2D eigenvalue weighted by atomic mass is 10.0. The van der Waals surface area contributed by atoms with Crippen molar-refractivity contribution < 1.29 is 19.4 Å². The molecule has 0 aromatic heterocycles. The minimum Gasteiger partial charge on any atom is -0.465 e. The van der Waals surface area contributed by atoms with Gasteiger partial charge in [0, 0.05) is 12.1 Å². The highest BCUT2D eigenvalue weighted by Gasteiger charge is 2.29. The first-order valence-electron chi connectivity index (χ1n) is 5.52. The highest BCUT2D eigenvalue weighted by atomic mass is 19.1. The number of aliphatic hydroxyl groups excluding tert-OH is 1. The number of rotatable bonds is 2. The minimum atomic E-state index is -0.973. The monoisotopic (exact) mass is 239 g/mol. The number of hydrogen-bond acceptors (Lipinski definition) is 2. The number of aliphatic hydroxyl groups is 1. The van der Waals surface area contributed by atoms with Crippen LogP contribution in [0.4, 0.5) is 9.18 Å². The SMILES string of the molecule is O=C(O)N1CCCC1c1ccc(CO)c(F)c1. The molecule has 92 valence electrons. The van der Waals surface area contributed by atoms with Crippen molar-refractivity contribution in [1.82, 2.24) is 4.90 Å². The van der Waals surface area contributed by atoms with E-state index in [0.29, 0.717) is 18.5 Å². The fourth-order valence-electron chi connectivity index (χ4n) is 2.24. The van der Waals surface area contributed by atoms with E-state index in [4.69, 9.17) is 10.2 Å². The summed E-state index contributed by atoms with van der Waals surface area (Å²) < 4.78 is 13.5. The molecule has 1 aromatic carbocycles. The molecule has 1 atom stereocenters. The van der Waals surface area contributed by atoms with E-state index in [1.54, 1.807) is 6.07 Å². The molecule has 4 nitrogen and oxygen atoms in total. The zero-order valence-electron chi connectivity index (χ0n) is 9.27. The molecular weight excluding hydrogens is 225 g/mol. The van der Waals surface area contributed by atoms with Gasteiger partial charge in [0.25, 0.3) is 0 Å². The van der Waals surface area contributed by atoms with Crippen LogP contribution in [0, 0.1) is 5.82 Å². The van der Waals surface area contributed by atoms with Gasteiger partial charge in [0.05, 0.1) is 12.6 Å². The van der Waals surface area contributed by atoms with Gasteiger partial charge in [0.2, 0.25) is 0 Å². The van der Waals surface area contributed by atoms with Crippen molar-refractivity contribution in [1.29, 1.82) is 0 Å². The second-order valence-electron chi connectivity index (χ2n) is 4.14. The lowest BCUT2D eigenvalue weighted by Gasteiger charge is -2.22. The smallest absolute Gasteiger partial charge is 0.407 e. The third-order valence-corrected chi connectivity index (χ3v) is 3.13. The van der Waals surface area contributed by atoms with Crippen LogP contribution in [0.1, 0.15) is 30.0 Å². The third kappa shape index (κ3) is 2.24. The second kappa shape index (κ2) is 4.71. The summed E-state index contributed by atoms with van der Waals surface area (Å²) in [5.41, 5.74) is 0.883. The lowest BCUT2D eigenvalue weighted by Crippen LogP contribution is -2.28. The molecule has 0 bridgehead atoms. The van der Waals surface area contributed by atoms with Crippen LogP contribution in [0.2, 0.25) is 0 Å². The van der Waals surface area contributed by atoms with Gasteiger partial charge in [0.1, 0.15) is 5.82 Å². The van der Waals surface area contributed by atoms with Crippen LogP contribution in [0.25, 0.3) is 0 Å². The number of hydrogen-bond donors (Lipinski definition) is 2. The molecule has 1 fully saturated rings. The molecule has 1 heterocycles. The normalized spacial score (nSPS) is 19.6. The maximum Gasteiger partial charge on any atom is 0.407 e. The van der Waals surface area contributed by atoms with Crippen LogP contribution < -0.4 is 0 Å². The topological polar surface area (TPSA) is 60.8 Å². The molecular formula is C12H14FNO3. The largest absolute Gasteiger partial charge is 0.465 e. The van der Waals surface area contributed by atoms with Gasteiger partial charge in [-0.25, -0.2) is 9.18 Å². The number of nitrogens with zero attached hydrogens (tertiary/aromatic N) is 1. The first-order valence-corrected chi connectivity index (χ1v) is 5.52. The van der Waals surface area contributed by atoms with Gasteiger partial charge >= 0.3 is 6.09 Å². The van der Waals surface area contributed by atoms with Gasteiger partial charge < -0.3 is 15.1 Å². The van der Waals surface area contributed by atoms with Crippen molar-refractivity contribution in [3.05, 3.63) is 35.1 Å². The molecule has 2 N–H and O–H groups in total. The summed E-state index contributed by atoms with van der Waals surface area (Å²) in [6, 6.07) is 4.23. The number of amides is 1. The minimum absolute atomic E-state index is 0.230. The first-order chi connectivity index (χ1) is 8.13. The van der Waals surface area contributed by atoms with Crippen LogP contribution >= 0.6 is 0 Å². The Labute approximate surface area is 98.3 Å². The Bertz CT molecular complexity index is 436. The second-order valence-corrected chi connectivity index (χ2v) is 4.14. The molecule has 1 aliphatic rings. The van der Waals surface area contributed by atoms with E-state index < -0.39 is 11.9 Å². The molecule has 0 aliphatic carbocycles. The highest BCUT2D eigenvalue weighted by Crippen LogP contribution is 2.32. The van der Waals surface area contributed by atoms with Gasteiger partial charge in [-0.2, -0.15) is 0 Å². The molecule has 1 saturated heterocycles. The Morgan fingerprint density at radius 1 is 1.53 bits per heavy atom. The predicted octanol–water partition coefficient (Wildman–Crippen LogP) is 2.13. The molecule has 1 aliphatic heterocycles. The van der Waals surface area contributed by atoms with Crippen LogP contribution in [0.5, 0.6) is 0 Å². The van der Waals surface area contributed by atoms with Gasteiger partial charge in [-0.1, -0.05) is 12.1 Å². The zero-order valence-corrected chi connectivity index (χ0v) is 9.27. The maximum atomic E-state index is 13.5. The van der Waals surface area contributed by atoms with E-state index in [-0.39, 0.29) is 18.2 Å². The summed E-state index contributed by atoms with van der Waals surface area (Å²) >= 11 is 0. The van der Waals surface area contributed by atoms with Gasteiger partial charge in [-0.15, -0.1) is 0 Å². The van der Waals surface area contributed by atoms with Crippen molar-refractivity contribution >= 4 is 6.09 Å². The third-order valence-electron chi connectivity index (χ3n) is 3.13. The molecule has 0 saturated carbocycles. The van der Waals surface area contributed by atoms with E-state index in [0.717, 1.165) is 6.42 Å². The molecule has 5 heteroatoms. The van der Waals surface area contributed by atoms with Crippen LogP contribution in [0.15, 0.2) is 18.2 Å². The summed E-state index contributed by atoms with van der Waals surface area (Å²) in [6.07, 6.45) is 0.531. The molecule has 17 heavy (non-hydrogen) atoms. The van der Waals surface area contributed by atoms with Crippen LogP contribution in [-0.4, -0.2) is 27.8 Å². The quantitative estimate of drug-likeness (QED) is 0.831.